The van der Waals surface area contributed by atoms with Gasteiger partial charge in [-0.25, -0.2) is 9.98 Å². The first-order valence-corrected chi connectivity index (χ1v) is 11.5. The maximum absolute atomic E-state index is 6.04. The summed E-state index contributed by atoms with van der Waals surface area (Å²) < 4.78 is 5.72. The summed E-state index contributed by atoms with van der Waals surface area (Å²) in [6, 6.07) is 14.3. The lowest BCUT2D eigenvalue weighted by Gasteiger charge is -2.34. The van der Waals surface area contributed by atoms with Crippen LogP contribution in [0.4, 0.5) is 17.1 Å². The van der Waals surface area contributed by atoms with Gasteiger partial charge < -0.3 is 25.6 Å². The molecule has 0 aromatic heterocycles. The normalized spacial score (nSPS) is 24.8. The smallest absolute Gasteiger partial charge is 0.223 e. The summed E-state index contributed by atoms with van der Waals surface area (Å²) in [6.45, 7) is 8.50. The highest BCUT2D eigenvalue weighted by Gasteiger charge is 2.46. The third-order valence-electron chi connectivity index (χ3n) is 7.09. The highest BCUT2D eigenvalue weighted by molar-refractivity contribution is 6.35. The Labute approximate surface area is 195 Å². The number of anilines is 3. The Morgan fingerprint density at radius 3 is 2.64 bits per heavy atom. The van der Waals surface area contributed by atoms with E-state index in [1.54, 1.807) is 7.11 Å². The van der Waals surface area contributed by atoms with Crippen molar-refractivity contribution in [1.82, 2.24) is 4.90 Å². The van der Waals surface area contributed by atoms with Crippen LogP contribution in [0.5, 0.6) is 5.75 Å². The van der Waals surface area contributed by atoms with Crippen LogP contribution in [0.3, 0.4) is 0 Å². The topological polar surface area (TPSA) is 78.5 Å². The molecule has 1 saturated heterocycles. The zero-order chi connectivity index (χ0) is 23.2. The van der Waals surface area contributed by atoms with Gasteiger partial charge >= 0.3 is 0 Å². The van der Waals surface area contributed by atoms with Gasteiger partial charge in [0, 0.05) is 55.1 Å². The lowest BCUT2D eigenvalue weighted by Crippen LogP contribution is -2.44. The molecule has 2 aliphatic heterocycles. The van der Waals surface area contributed by atoms with E-state index in [1.165, 1.54) is 5.69 Å². The predicted molar refractivity (Wildman–Crippen MR) is 138 cm³/mol. The van der Waals surface area contributed by atoms with Crippen LogP contribution >= 0.6 is 0 Å². The number of hydrogen-bond donors (Lipinski definition) is 2. The number of benzene rings is 2. The molecular formula is C26H32N6O. The number of fused-ring (bicyclic) bond motifs is 1. The fourth-order valence-corrected chi connectivity index (χ4v) is 4.82. The minimum atomic E-state index is -0.394. The predicted octanol–water partition coefficient (Wildman–Crippen LogP) is 3.74. The second-order valence-electron chi connectivity index (χ2n) is 9.34. The Morgan fingerprint density at radius 1 is 1.12 bits per heavy atom. The molecule has 33 heavy (non-hydrogen) atoms. The number of aliphatic imine (C=N–C) groups is 2. The molecule has 0 spiro atoms. The highest BCUT2D eigenvalue weighted by atomic mass is 16.5. The van der Waals surface area contributed by atoms with Crippen LogP contribution in [-0.2, 0) is 0 Å². The van der Waals surface area contributed by atoms with E-state index in [4.69, 9.17) is 20.5 Å². The van der Waals surface area contributed by atoms with E-state index in [1.807, 2.05) is 18.2 Å². The monoisotopic (exact) mass is 444 g/mol. The van der Waals surface area contributed by atoms with Gasteiger partial charge in [-0.2, -0.15) is 0 Å². The van der Waals surface area contributed by atoms with Gasteiger partial charge in [0.2, 0.25) is 5.96 Å². The van der Waals surface area contributed by atoms with E-state index >= 15 is 0 Å². The first kappa shape index (κ1) is 21.5. The molecule has 0 saturated carbocycles. The molecule has 5 rings (SSSR count). The Kier molecular flexibility index (Phi) is 5.37. The third-order valence-corrected chi connectivity index (χ3v) is 7.09. The van der Waals surface area contributed by atoms with Crippen LogP contribution in [0.1, 0.15) is 19.4 Å². The van der Waals surface area contributed by atoms with Gasteiger partial charge in [0.15, 0.2) is 0 Å². The minimum absolute atomic E-state index is 0.230. The zero-order valence-electron chi connectivity index (χ0n) is 19.8. The van der Waals surface area contributed by atoms with Crippen LogP contribution in [0.15, 0.2) is 58.5 Å². The molecule has 3 aliphatic rings. The number of methoxy groups -OCH3 is 1. The average molecular weight is 445 g/mol. The fourth-order valence-electron chi connectivity index (χ4n) is 4.82. The van der Waals surface area contributed by atoms with Crippen LogP contribution in [0.2, 0.25) is 0 Å². The van der Waals surface area contributed by atoms with E-state index in [-0.39, 0.29) is 5.92 Å². The number of ether oxygens (including phenoxy) is 1. The molecule has 2 aromatic carbocycles. The van der Waals surface area contributed by atoms with Crippen molar-refractivity contribution in [2.24, 2.45) is 15.9 Å². The quantitative estimate of drug-likeness (QED) is 0.703. The van der Waals surface area contributed by atoms with Crippen molar-refractivity contribution in [1.29, 1.82) is 0 Å². The van der Waals surface area contributed by atoms with Crippen LogP contribution in [0.25, 0.3) is 5.57 Å². The second kappa shape index (κ2) is 8.23. The van der Waals surface area contributed by atoms with Crippen LogP contribution < -0.4 is 20.7 Å². The number of nitrogen functional groups attached to an aromatic ring is 1. The summed E-state index contributed by atoms with van der Waals surface area (Å²) in [6.07, 6.45) is 2.25. The van der Waals surface area contributed by atoms with Crippen molar-refractivity contribution in [2.75, 3.05) is 56.3 Å². The van der Waals surface area contributed by atoms with E-state index in [0.717, 1.165) is 60.2 Å². The number of nitrogens with zero attached hydrogens (tertiary/aromatic N) is 4. The van der Waals surface area contributed by atoms with Crippen molar-refractivity contribution in [3.05, 3.63) is 54.1 Å². The lowest BCUT2D eigenvalue weighted by molar-refractivity contribution is 0.312. The van der Waals surface area contributed by atoms with Crippen molar-refractivity contribution in [3.8, 4) is 5.75 Å². The molecule has 3 N–H and O–H groups in total. The molecule has 2 atom stereocenters. The van der Waals surface area contributed by atoms with Crippen molar-refractivity contribution in [2.45, 2.75) is 19.4 Å². The van der Waals surface area contributed by atoms with Gasteiger partial charge in [0.05, 0.1) is 18.5 Å². The van der Waals surface area contributed by atoms with Crippen molar-refractivity contribution in [3.63, 3.8) is 0 Å². The Morgan fingerprint density at radius 2 is 1.91 bits per heavy atom. The van der Waals surface area contributed by atoms with Gasteiger partial charge in [0.25, 0.3) is 0 Å². The van der Waals surface area contributed by atoms with Gasteiger partial charge in [-0.1, -0.05) is 25.1 Å². The Balaban J connectivity index is 1.40. The number of rotatable bonds is 4. The molecule has 0 amide bonds. The maximum Gasteiger partial charge on any atom is 0.223 e. The maximum atomic E-state index is 6.04. The molecule has 0 bridgehead atoms. The fraction of sp³-hybridized carbons (Fsp3) is 0.385. The van der Waals surface area contributed by atoms with E-state index in [9.17, 15) is 0 Å². The van der Waals surface area contributed by atoms with Gasteiger partial charge in [-0.3, -0.25) is 0 Å². The van der Waals surface area contributed by atoms with Crippen LogP contribution in [0, 0.1) is 5.92 Å². The number of piperazine rings is 1. The first-order valence-electron chi connectivity index (χ1n) is 11.5. The van der Waals surface area contributed by atoms with E-state index in [0.29, 0.717) is 5.96 Å². The van der Waals surface area contributed by atoms with Gasteiger partial charge in [0.1, 0.15) is 11.3 Å². The molecule has 172 valence electrons. The standard InChI is InChI=1S/C26H32N6O/c1-17-14-21(18-6-5-7-19(27)15-18)24-26(17,2)30-25(29-24)28-22-9-8-20(16-23(22)33-4)32-12-10-31(3)11-13-32/h5-9,14-17H,10-13,27H2,1-4H3,(H,28,30)/t17-,26?/m0/s1. The summed E-state index contributed by atoms with van der Waals surface area (Å²) in [4.78, 5) is 14.7. The molecular weight excluding hydrogens is 412 g/mol. The largest absolute Gasteiger partial charge is 0.494 e. The average Bonchev–Trinajstić information content (AvgIpc) is 3.26. The molecule has 1 aliphatic carbocycles. The SMILES string of the molecule is COc1cc(N2CCN(C)CC2)ccc1NC1=NC2(C)C(=N1)C(c1cccc(N)c1)=C[C@@H]2C. The summed E-state index contributed by atoms with van der Waals surface area (Å²) in [5, 5.41) is 3.41. The number of guanidine groups is 1. The van der Waals surface area contributed by atoms with E-state index in [2.05, 4.69) is 66.4 Å². The molecule has 1 unspecified atom stereocenters. The highest BCUT2D eigenvalue weighted by Crippen LogP contribution is 2.43. The number of hydrogen-bond acceptors (Lipinski definition) is 7. The molecule has 7 nitrogen and oxygen atoms in total. The van der Waals surface area contributed by atoms with Gasteiger partial charge in [-0.05, 0) is 43.8 Å². The molecule has 0 radical (unpaired) electrons. The molecule has 1 fully saturated rings. The zero-order valence-corrected chi connectivity index (χ0v) is 19.8. The summed E-state index contributed by atoms with van der Waals surface area (Å²) in [5.74, 6) is 1.63. The number of likely N-dealkylation sites (N-methyl/N-ethyl adjacent to an activating group) is 1. The van der Waals surface area contributed by atoms with Crippen LogP contribution in [-0.4, -0.2) is 62.4 Å². The molecule has 2 aromatic rings. The van der Waals surface area contributed by atoms with Gasteiger partial charge in [-0.15, -0.1) is 0 Å². The summed E-state index contributed by atoms with van der Waals surface area (Å²) in [5.41, 5.74) is 11.6. The second-order valence-corrected chi connectivity index (χ2v) is 9.34. The summed E-state index contributed by atoms with van der Waals surface area (Å²) >= 11 is 0. The summed E-state index contributed by atoms with van der Waals surface area (Å²) in [7, 11) is 3.87. The molecule has 2 heterocycles. The van der Waals surface area contributed by atoms with Crippen molar-refractivity contribution < 1.29 is 4.74 Å². The first-order chi connectivity index (χ1) is 15.9. The molecule has 7 heteroatoms. The van der Waals surface area contributed by atoms with E-state index < -0.39 is 5.54 Å². The third kappa shape index (κ3) is 3.86. The lowest BCUT2D eigenvalue weighted by atomic mass is 9.88. The van der Waals surface area contributed by atoms with Crippen molar-refractivity contribution >= 4 is 34.3 Å². The Bertz CT molecular complexity index is 1160. The number of nitrogens with one attached hydrogen (secondary N) is 1. The minimum Gasteiger partial charge on any atom is -0.494 e. The number of nitrogens with two attached hydrogens (primary N) is 1. The Hall–Kier alpha value is -3.32.